The van der Waals surface area contributed by atoms with E-state index in [1.807, 2.05) is 0 Å². The summed E-state index contributed by atoms with van der Waals surface area (Å²) in [5, 5.41) is 16.2. The number of non-ortho nitro benzene ring substituents is 1. The molecule has 1 aromatic rings. The molecule has 0 spiro atoms. The Labute approximate surface area is 126 Å². The first-order valence-corrected chi connectivity index (χ1v) is 6.66. The van der Waals surface area contributed by atoms with Gasteiger partial charge in [-0.2, -0.15) is 0 Å². The number of hydrogen-bond acceptors (Lipinski definition) is 6. The highest BCUT2D eigenvalue weighted by atomic mass is 16.6. The lowest BCUT2D eigenvalue weighted by Crippen LogP contribution is -2.49. The fourth-order valence-corrected chi connectivity index (χ4v) is 2.08. The van der Waals surface area contributed by atoms with E-state index in [0.29, 0.717) is 26.2 Å². The first-order chi connectivity index (χ1) is 10.5. The van der Waals surface area contributed by atoms with Gasteiger partial charge in [0, 0.05) is 32.2 Å². The van der Waals surface area contributed by atoms with E-state index in [4.69, 9.17) is 4.74 Å². The predicted octanol–water partition coefficient (Wildman–Crippen LogP) is -0.0263. The van der Waals surface area contributed by atoms with E-state index in [1.54, 1.807) is 0 Å². The van der Waals surface area contributed by atoms with Crippen LogP contribution in [0.2, 0.25) is 0 Å². The van der Waals surface area contributed by atoms with Crippen LogP contribution in [-0.2, 0) is 9.59 Å². The smallest absolute Gasteiger partial charge is 0.314 e. The fraction of sp³-hybridized carbons (Fsp3) is 0.385. The first-order valence-electron chi connectivity index (χ1n) is 6.66. The van der Waals surface area contributed by atoms with Crippen molar-refractivity contribution in [2.24, 2.45) is 0 Å². The monoisotopic (exact) mass is 308 g/mol. The Morgan fingerprint density at radius 3 is 2.64 bits per heavy atom. The van der Waals surface area contributed by atoms with Crippen molar-refractivity contribution in [3.05, 3.63) is 28.3 Å². The van der Waals surface area contributed by atoms with Crippen LogP contribution in [-0.4, -0.2) is 54.9 Å². The Morgan fingerprint density at radius 1 is 1.36 bits per heavy atom. The molecule has 22 heavy (non-hydrogen) atoms. The second-order valence-electron chi connectivity index (χ2n) is 4.64. The minimum atomic E-state index is -0.797. The van der Waals surface area contributed by atoms with Crippen LogP contribution in [0.25, 0.3) is 0 Å². The number of hydrogen-bond donors (Lipinski definition) is 2. The molecule has 1 fully saturated rings. The average Bonchev–Trinajstić information content (AvgIpc) is 2.55. The van der Waals surface area contributed by atoms with Crippen molar-refractivity contribution in [3.8, 4) is 5.75 Å². The molecular weight excluding hydrogens is 292 g/mol. The van der Waals surface area contributed by atoms with Crippen molar-refractivity contribution in [2.75, 3.05) is 38.6 Å². The van der Waals surface area contributed by atoms with Crippen LogP contribution in [0.3, 0.4) is 0 Å². The highest BCUT2D eigenvalue weighted by Crippen LogP contribution is 2.28. The molecule has 2 rings (SSSR count). The number of methoxy groups -OCH3 is 1. The van der Waals surface area contributed by atoms with Crippen molar-refractivity contribution in [1.29, 1.82) is 0 Å². The van der Waals surface area contributed by atoms with E-state index in [-0.39, 0.29) is 17.1 Å². The van der Waals surface area contributed by atoms with Gasteiger partial charge >= 0.3 is 11.8 Å². The molecule has 0 aromatic heterocycles. The lowest BCUT2D eigenvalue weighted by molar-refractivity contribution is -0.384. The second-order valence-corrected chi connectivity index (χ2v) is 4.64. The predicted molar refractivity (Wildman–Crippen MR) is 77.7 cm³/mol. The number of nitrogens with one attached hydrogen (secondary N) is 2. The summed E-state index contributed by atoms with van der Waals surface area (Å²) in [6, 6.07) is 3.75. The van der Waals surface area contributed by atoms with Crippen LogP contribution in [0.5, 0.6) is 5.75 Å². The van der Waals surface area contributed by atoms with Crippen LogP contribution >= 0.6 is 0 Å². The van der Waals surface area contributed by atoms with Gasteiger partial charge in [-0.1, -0.05) is 0 Å². The second kappa shape index (κ2) is 6.85. The molecular formula is C13H16N4O5. The maximum Gasteiger partial charge on any atom is 0.314 e. The lowest BCUT2D eigenvalue weighted by atomic mass is 10.2. The quantitative estimate of drug-likeness (QED) is 0.460. The Bertz CT molecular complexity index is 598. The minimum absolute atomic E-state index is 0.121. The number of benzene rings is 1. The van der Waals surface area contributed by atoms with Crippen molar-refractivity contribution in [1.82, 2.24) is 10.2 Å². The maximum absolute atomic E-state index is 12.0. The first kappa shape index (κ1) is 15.7. The largest absolute Gasteiger partial charge is 0.494 e. The Balaban J connectivity index is 2.10. The van der Waals surface area contributed by atoms with Gasteiger partial charge in [-0.15, -0.1) is 0 Å². The number of piperazine rings is 1. The SMILES string of the molecule is COc1cc([N+](=O)[O-])ccc1NC(=O)C(=O)N1CCNCC1. The molecule has 1 saturated heterocycles. The molecule has 1 aliphatic rings. The molecule has 118 valence electrons. The van der Waals surface area contributed by atoms with E-state index in [9.17, 15) is 19.7 Å². The van der Waals surface area contributed by atoms with Gasteiger partial charge in [0.2, 0.25) is 0 Å². The van der Waals surface area contributed by atoms with Gasteiger partial charge in [0.05, 0.1) is 23.8 Å². The summed E-state index contributed by atoms with van der Waals surface area (Å²) >= 11 is 0. The van der Waals surface area contributed by atoms with Crippen LogP contribution in [0.1, 0.15) is 0 Å². The summed E-state index contributed by atoms with van der Waals surface area (Å²) in [7, 11) is 1.33. The fourth-order valence-electron chi connectivity index (χ4n) is 2.08. The normalized spacial score (nSPS) is 14.3. The van der Waals surface area contributed by atoms with Gasteiger partial charge in [-0.05, 0) is 6.07 Å². The average molecular weight is 308 g/mol. The molecule has 2 N–H and O–H groups in total. The number of nitro groups is 1. The molecule has 1 aliphatic heterocycles. The summed E-state index contributed by atoms with van der Waals surface area (Å²) in [4.78, 5) is 35.6. The number of nitrogens with zero attached hydrogens (tertiary/aromatic N) is 2. The summed E-state index contributed by atoms with van der Waals surface area (Å²) in [6.45, 7) is 2.20. The number of ether oxygens (including phenoxy) is 1. The standard InChI is InChI=1S/C13H16N4O5/c1-22-11-8-9(17(20)21)2-3-10(11)15-12(18)13(19)16-6-4-14-5-7-16/h2-3,8,14H,4-7H2,1H3,(H,15,18). The number of nitro benzene ring substituents is 1. The van der Waals surface area contributed by atoms with Crippen molar-refractivity contribution in [3.63, 3.8) is 0 Å². The molecule has 0 unspecified atom stereocenters. The topological polar surface area (TPSA) is 114 Å². The van der Waals surface area contributed by atoms with Crippen molar-refractivity contribution in [2.45, 2.75) is 0 Å². The van der Waals surface area contributed by atoms with Crippen LogP contribution in [0.15, 0.2) is 18.2 Å². The van der Waals surface area contributed by atoms with E-state index >= 15 is 0 Å². The van der Waals surface area contributed by atoms with Gasteiger partial charge < -0.3 is 20.3 Å². The molecule has 9 nitrogen and oxygen atoms in total. The lowest BCUT2D eigenvalue weighted by Gasteiger charge is -2.26. The van der Waals surface area contributed by atoms with E-state index in [0.717, 1.165) is 0 Å². The van der Waals surface area contributed by atoms with Gasteiger partial charge in [0.1, 0.15) is 5.75 Å². The third kappa shape index (κ3) is 3.50. The molecule has 9 heteroatoms. The van der Waals surface area contributed by atoms with Crippen molar-refractivity contribution >= 4 is 23.2 Å². The molecule has 0 atom stereocenters. The van der Waals surface area contributed by atoms with Gasteiger partial charge in [-0.25, -0.2) is 0 Å². The number of rotatable bonds is 3. The van der Waals surface area contributed by atoms with Crippen LogP contribution < -0.4 is 15.4 Å². The molecule has 1 heterocycles. The van der Waals surface area contributed by atoms with Crippen LogP contribution in [0.4, 0.5) is 11.4 Å². The Kier molecular flexibility index (Phi) is 4.89. The number of amides is 2. The minimum Gasteiger partial charge on any atom is -0.494 e. The molecule has 0 saturated carbocycles. The molecule has 1 aromatic carbocycles. The number of carbonyl (C=O) groups is 2. The molecule has 2 amide bonds. The third-order valence-electron chi connectivity index (χ3n) is 3.24. The third-order valence-corrected chi connectivity index (χ3v) is 3.24. The molecule has 0 aliphatic carbocycles. The number of carbonyl (C=O) groups excluding carboxylic acids is 2. The van der Waals surface area contributed by atoms with Gasteiger partial charge in [0.15, 0.2) is 0 Å². The van der Waals surface area contributed by atoms with Crippen molar-refractivity contribution < 1.29 is 19.2 Å². The van der Waals surface area contributed by atoms with Gasteiger partial charge in [0.25, 0.3) is 5.69 Å². The molecule has 0 radical (unpaired) electrons. The number of anilines is 1. The van der Waals surface area contributed by atoms with E-state index < -0.39 is 16.7 Å². The molecule has 0 bridgehead atoms. The maximum atomic E-state index is 12.0. The summed E-state index contributed by atoms with van der Waals surface area (Å²) in [6.07, 6.45) is 0. The van der Waals surface area contributed by atoms with E-state index in [1.165, 1.54) is 30.2 Å². The van der Waals surface area contributed by atoms with E-state index in [2.05, 4.69) is 10.6 Å². The Hall–Kier alpha value is -2.68. The van der Waals surface area contributed by atoms with Crippen LogP contribution in [0, 0.1) is 10.1 Å². The van der Waals surface area contributed by atoms with Gasteiger partial charge in [-0.3, -0.25) is 19.7 Å². The highest BCUT2D eigenvalue weighted by molar-refractivity contribution is 6.39. The zero-order valence-corrected chi connectivity index (χ0v) is 12.0. The summed E-state index contributed by atoms with van der Waals surface area (Å²) in [5.41, 5.74) is 0.0462. The zero-order chi connectivity index (χ0) is 16.1. The zero-order valence-electron chi connectivity index (χ0n) is 12.0. The highest BCUT2D eigenvalue weighted by Gasteiger charge is 2.24. The summed E-state index contributed by atoms with van der Waals surface area (Å²) in [5.74, 6) is -1.31. The Morgan fingerprint density at radius 2 is 2.05 bits per heavy atom. The summed E-state index contributed by atoms with van der Waals surface area (Å²) < 4.78 is 5.01.